The Labute approximate surface area is 170 Å². The summed E-state index contributed by atoms with van der Waals surface area (Å²) in [7, 11) is 3.24. The average Bonchev–Trinajstić information content (AvgIpc) is 3.08. The van der Waals surface area contributed by atoms with Crippen molar-refractivity contribution in [3.05, 3.63) is 34.3 Å². The maximum atomic E-state index is 12.6. The fourth-order valence-corrected chi connectivity index (χ4v) is 4.49. The number of aryl methyl sites for hydroxylation is 1. The Morgan fingerprint density at radius 1 is 1.18 bits per heavy atom. The van der Waals surface area contributed by atoms with Gasteiger partial charge in [-0.05, 0) is 43.9 Å². The maximum Gasteiger partial charge on any atom is 0.263 e. The number of amides is 1. The highest BCUT2D eigenvalue weighted by Crippen LogP contribution is 2.28. The summed E-state index contributed by atoms with van der Waals surface area (Å²) >= 11 is 1.45. The molecule has 0 spiro atoms. The van der Waals surface area contributed by atoms with E-state index in [1.54, 1.807) is 14.2 Å². The highest BCUT2D eigenvalue weighted by molar-refractivity contribution is 7.17. The Kier molecular flexibility index (Phi) is 7.14. The number of benzene rings is 1. The van der Waals surface area contributed by atoms with E-state index in [2.05, 4.69) is 15.6 Å². The molecule has 0 unspecified atom stereocenters. The number of thiazole rings is 1. The van der Waals surface area contributed by atoms with Gasteiger partial charge in [-0.15, -0.1) is 0 Å². The molecule has 1 aliphatic rings. The summed E-state index contributed by atoms with van der Waals surface area (Å²) in [5, 5.41) is 7.36. The van der Waals surface area contributed by atoms with E-state index in [-0.39, 0.29) is 5.91 Å². The molecule has 152 valence electrons. The van der Waals surface area contributed by atoms with Crippen molar-refractivity contribution < 1.29 is 14.3 Å². The number of nitrogens with one attached hydrogen (secondary N) is 2. The van der Waals surface area contributed by atoms with Gasteiger partial charge in [0.25, 0.3) is 5.91 Å². The Balaban J connectivity index is 1.53. The van der Waals surface area contributed by atoms with Crippen molar-refractivity contribution in [1.82, 2.24) is 10.3 Å². The number of hydrogen-bond donors (Lipinski definition) is 2. The van der Waals surface area contributed by atoms with Crippen molar-refractivity contribution in [2.24, 2.45) is 0 Å². The lowest BCUT2D eigenvalue weighted by Crippen LogP contribution is -2.25. The standard InChI is InChI=1S/C21H29N3O3S/c1-14-19(28-21(23-14)24-16-7-5-4-6-8-16)20(25)22-12-11-15-9-10-17(26-2)18(13-15)27-3/h9-10,13,16H,4-8,11-12H2,1-3H3,(H,22,25)(H,23,24). The fraction of sp³-hybridized carbons (Fsp3) is 0.524. The van der Waals surface area contributed by atoms with Gasteiger partial charge in [0.1, 0.15) is 4.88 Å². The van der Waals surface area contributed by atoms with Crippen molar-refractivity contribution in [2.45, 2.75) is 51.5 Å². The lowest BCUT2D eigenvalue weighted by Gasteiger charge is -2.22. The first-order chi connectivity index (χ1) is 13.6. The fourth-order valence-electron chi connectivity index (χ4n) is 3.53. The van der Waals surface area contributed by atoms with Crippen LogP contribution in [0.5, 0.6) is 11.5 Å². The summed E-state index contributed by atoms with van der Waals surface area (Å²) in [5.41, 5.74) is 1.87. The molecular weight excluding hydrogens is 374 g/mol. The Morgan fingerprint density at radius 3 is 2.64 bits per heavy atom. The van der Waals surface area contributed by atoms with Crippen LogP contribution in [-0.4, -0.2) is 37.7 Å². The molecular formula is C21H29N3O3S. The maximum absolute atomic E-state index is 12.6. The zero-order chi connectivity index (χ0) is 19.9. The number of methoxy groups -OCH3 is 2. The van der Waals surface area contributed by atoms with Gasteiger partial charge in [0.15, 0.2) is 16.6 Å². The number of rotatable bonds is 8. The summed E-state index contributed by atoms with van der Waals surface area (Å²) in [6.07, 6.45) is 6.95. The summed E-state index contributed by atoms with van der Waals surface area (Å²) in [6, 6.07) is 6.29. The van der Waals surface area contributed by atoms with E-state index in [1.807, 2.05) is 25.1 Å². The zero-order valence-corrected chi connectivity index (χ0v) is 17.7. The van der Waals surface area contributed by atoms with E-state index < -0.39 is 0 Å². The Hall–Kier alpha value is -2.28. The predicted molar refractivity (Wildman–Crippen MR) is 113 cm³/mol. The summed E-state index contributed by atoms with van der Waals surface area (Å²) in [4.78, 5) is 17.8. The second kappa shape index (κ2) is 9.78. The lowest BCUT2D eigenvalue weighted by molar-refractivity contribution is 0.0957. The van der Waals surface area contributed by atoms with Gasteiger partial charge in [-0.2, -0.15) is 0 Å². The van der Waals surface area contributed by atoms with E-state index in [4.69, 9.17) is 9.47 Å². The van der Waals surface area contributed by atoms with Gasteiger partial charge < -0.3 is 20.1 Å². The van der Waals surface area contributed by atoms with Crippen LogP contribution in [0.25, 0.3) is 0 Å². The number of hydrogen-bond acceptors (Lipinski definition) is 6. The van der Waals surface area contributed by atoms with Crippen molar-refractivity contribution in [3.63, 3.8) is 0 Å². The molecule has 1 fully saturated rings. The first kappa shape index (κ1) is 20.5. The van der Waals surface area contributed by atoms with Gasteiger partial charge in [0, 0.05) is 12.6 Å². The van der Waals surface area contributed by atoms with Crippen LogP contribution >= 0.6 is 11.3 Å². The molecule has 28 heavy (non-hydrogen) atoms. The second-order valence-corrected chi connectivity index (χ2v) is 8.11. The van der Waals surface area contributed by atoms with Crippen molar-refractivity contribution >= 4 is 22.4 Å². The smallest absolute Gasteiger partial charge is 0.263 e. The summed E-state index contributed by atoms with van der Waals surface area (Å²) < 4.78 is 10.6. The molecule has 2 N–H and O–H groups in total. The van der Waals surface area contributed by atoms with Gasteiger partial charge in [-0.3, -0.25) is 4.79 Å². The first-order valence-electron chi connectivity index (χ1n) is 9.83. The highest BCUT2D eigenvalue weighted by Gasteiger charge is 2.18. The lowest BCUT2D eigenvalue weighted by atomic mass is 9.96. The average molecular weight is 404 g/mol. The van der Waals surface area contributed by atoms with Crippen LogP contribution in [0.4, 0.5) is 5.13 Å². The van der Waals surface area contributed by atoms with Crippen LogP contribution in [0.2, 0.25) is 0 Å². The topological polar surface area (TPSA) is 72.5 Å². The van der Waals surface area contributed by atoms with Crippen molar-refractivity contribution in [1.29, 1.82) is 0 Å². The molecule has 1 saturated carbocycles. The molecule has 6 nitrogen and oxygen atoms in total. The molecule has 0 radical (unpaired) electrons. The zero-order valence-electron chi connectivity index (χ0n) is 16.8. The molecule has 3 rings (SSSR count). The summed E-state index contributed by atoms with van der Waals surface area (Å²) in [6.45, 7) is 2.45. The monoisotopic (exact) mass is 403 g/mol. The van der Waals surface area contributed by atoms with Crippen LogP contribution < -0.4 is 20.1 Å². The Bertz CT molecular complexity index is 800. The number of carbonyl (C=O) groups excluding carboxylic acids is 1. The molecule has 1 aromatic heterocycles. The van der Waals surface area contributed by atoms with Gasteiger partial charge in [0.2, 0.25) is 0 Å². The van der Waals surface area contributed by atoms with Crippen molar-refractivity contribution in [2.75, 3.05) is 26.1 Å². The number of carbonyl (C=O) groups is 1. The normalized spacial score (nSPS) is 14.5. The third-order valence-electron chi connectivity index (χ3n) is 5.08. The van der Waals surface area contributed by atoms with Gasteiger partial charge in [-0.25, -0.2) is 4.98 Å². The number of nitrogens with zero attached hydrogens (tertiary/aromatic N) is 1. The molecule has 0 atom stereocenters. The van der Waals surface area contributed by atoms with Crippen molar-refractivity contribution in [3.8, 4) is 11.5 Å². The van der Waals surface area contributed by atoms with Crippen LogP contribution in [0.3, 0.4) is 0 Å². The van der Waals surface area contributed by atoms with Gasteiger partial charge in [-0.1, -0.05) is 36.7 Å². The van der Waals surface area contributed by atoms with E-state index in [0.717, 1.165) is 22.8 Å². The van der Waals surface area contributed by atoms with E-state index in [0.29, 0.717) is 29.0 Å². The van der Waals surface area contributed by atoms with E-state index in [1.165, 1.54) is 43.4 Å². The molecule has 7 heteroatoms. The third kappa shape index (κ3) is 5.16. The third-order valence-corrected chi connectivity index (χ3v) is 6.17. The van der Waals surface area contributed by atoms with Crippen LogP contribution in [0.15, 0.2) is 18.2 Å². The van der Waals surface area contributed by atoms with Gasteiger partial charge in [0.05, 0.1) is 19.9 Å². The number of anilines is 1. The van der Waals surface area contributed by atoms with E-state index >= 15 is 0 Å². The first-order valence-corrected chi connectivity index (χ1v) is 10.7. The molecule has 1 heterocycles. The largest absolute Gasteiger partial charge is 0.493 e. The number of aromatic nitrogens is 1. The van der Waals surface area contributed by atoms with Crippen LogP contribution in [0.1, 0.15) is 53.0 Å². The minimum Gasteiger partial charge on any atom is -0.493 e. The Morgan fingerprint density at radius 2 is 1.93 bits per heavy atom. The quantitative estimate of drug-likeness (QED) is 0.692. The molecule has 2 aromatic rings. The van der Waals surface area contributed by atoms with Gasteiger partial charge >= 0.3 is 0 Å². The van der Waals surface area contributed by atoms with E-state index in [9.17, 15) is 4.79 Å². The predicted octanol–water partition coefficient (Wildman–Crippen LogP) is 4.19. The molecule has 0 aliphatic heterocycles. The molecule has 0 saturated heterocycles. The minimum atomic E-state index is -0.0628. The summed E-state index contributed by atoms with van der Waals surface area (Å²) in [5.74, 6) is 1.34. The molecule has 1 amide bonds. The molecule has 1 aromatic carbocycles. The number of ether oxygens (including phenoxy) is 2. The second-order valence-electron chi connectivity index (χ2n) is 7.11. The van der Waals surface area contributed by atoms with Crippen LogP contribution in [-0.2, 0) is 6.42 Å². The minimum absolute atomic E-state index is 0.0628. The molecule has 1 aliphatic carbocycles. The highest BCUT2D eigenvalue weighted by atomic mass is 32.1. The SMILES string of the molecule is COc1ccc(CCNC(=O)c2sc(NC3CCCCC3)nc2C)cc1OC. The molecule has 0 bridgehead atoms. The van der Waals surface area contributed by atoms with Crippen LogP contribution in [0, 0.1) is 6.92 Å².